The molecular weight excluding hydrogens is 295 g/mol. The third-order valence-electron chi connectivity index (χ3n) is 4.18. The standard InChI is InChI=1S/C18H19FN2O2/c1-12-2-3-13(10-20-12)8-18(23)21-11-16(22)9-17(21)14-4-6-15(19)7-5-14/h2-7,10,16-17,22H,8-9,11H2,1H3/t16-,17+/m0/s1. The van der Waals surface area contributed by atoms with Crippen LogP contribution < -0.4 is 0 Å². The second-order valence-electron chi connectivity index (χ2n) is 5.99. The van der Waals surface area contributed by atoms with Crippen molar-refractivity contribution >= 4 is 5.91 Å². The number of benzene rings is 1. The van der Waals surface area contributed by atoms with E-state index in [1.165, 1.54) is 12.1 Å². The summed E-state index contributed by atoms with van der Waals surface area (Å²) >= 11 is 0. The third kappa shape index (κ3) is 3.56. The van der Waals surface area contributed by atoms with Crippen molar-refractivity contribution in [3.8, 4) is 0 Å². The second-order valence-corrected chi connectivity index (χ2v) is 5.99. The molecule has 1 saturated heterocycles. The zero-order valence-corrected chi connectivity index (χ0v) is 12.9. The van der Waals surface area contributed by atoms with Crippen molar-refractivity contribution in [3.05, 3.63) is 65.2 Å². The molecule has 4 nitrogen and oxygen atoms in total. The van der Waals surface area contributed by atoms with Crippen molar-refractivity contribution in [1.29, 1.82) is 0 Å². The van der Waals surface area contributed by atoms with Crippen molar-refractivity contribution in [1.82, 2.24) is 9.88 Å². The highest BCUT2D eigenvalue weighted by molar-refractivity contribution is 5.79. The van der Waals surface area contributed by atoms with Gasteiger partial charge in [0.05, 0.1) is 18.6 Å². The number of aromatic nitrogens is 1. The Kier molecular flexibility index (Phi) is 4.39. The van der Waals surface area contributed by atoms with E-state index < -0.39 is 6.10 Å². The van der Waals surface area contributed by atoms with Crippen LogP contribution in [0, 0.1) is 12.7 Å². The number of β-amino-alcohol motifs (C(OH)–C–C–N with tert-alkyl or cyclic N) is 1. The van der Waals surface area contributed by atoms with Gasteiger partial charge in [-0.3, -0.25) is 9.78 Å². The maximum absolute atomic E-state index is 13.1. The number of aliphatic hydroxyl groups is 1. The molecule has 0 spiro atoms. The number of amides is 1. The number of rotatable bonds is 3. The number of hydrogen-bond donors (Lipinski definition) is 1. The molecule has 2 atom stereocenters. The third-order valence-corrected chi connectivity index (χ3v) is 4.18. The molecule has 3 rings (SSSR count). The maximum atomic E-state index is 13.1. The monoisotopic (exact) mass is 314 g/mol. The maximum Gasteiger partial charge on any atom is 0.227 e. The summed E-state index contributed by atoms with van der Waals surface area (Å²) in [6, 6.07) is 9.66. The van der Waals surface area contributed by atoms with E-state index >= 15 is 0 Å². The Balaban J connectivity index is 1.77. The van der Waals surface area contributed by atoms with Crippen LogP contribution in [-0.4, -0.2) is 33.5 Å². The fourth-order valence-electron chi connectivity index (χ4n) is 2.97. The average molecular weight is 314 g/mol. The van der Waals surface area contributed by atoms with Crippen LogP contribution in [0.3, 0.4) is 0 Å². The lowest BCUT2D eigenvalue weighted by Crippen LogP contribution is -2.33. The number of aliphatic hydroxyl groups excluding tert-OH is 1. The molecule has 1 fully saturated rings. The normalized spacial score (nSPS) is 20.7. The van der Waals surface area contributed by atoms with Gasteiger partial charge in [0.15, 0.2) is 0 Å². The Bertz CT molecular complexity index is 685. The number of likely N-dealkylation sites (tertiary alicyclic amines) is 1. The summed E-state index contributed by atoms with van der Waals surface area (Å²) in [6.07, 6.45) is 1.87. The molecule has 2 aromatic rings. The van der Waals surface area contributed by atoms with Gasteiger partial charge in [-0.25, -0.2) is 4.39 Å². The van der Waals surface area contributed by atoms with Gasteiger partial charge in [-0.05, 0) is 42.7 Å². The molecule has 0 saturated carbocycles. The van der Waals surface area contributed by atoms with Gasteiger partial charge in [-0.2, -0.15) is 0 Å². The molecule has 2 heterocycles. The first-order valence-corrected chi connectivity index (χ1v) is 7.67. The van der Waals surface area contributed by atoms with E-state index in [1.807, 2.05) is 19.1 Å². The van der Waals surface area contributed by atoms with Crippen LogP contribution >= 0.6 is 0 Å². The molecule has 23 heavy (non-hydrogen) atoms. The van der Waals surface area contributed by atoms with Crippen molar-refractivity contribution in [2.75, 3.05) is 6.54 Å². The Morgan fingerprint density at radius 3 is 2.70 bits per heavy atom. The van der Waals surface area contributed by atoms with Gasteiger partial charge in [0.25, 0.3) is 0 Å². The summed E-state index contributed by atoms with van der Waals surface area (Å²) < 4.78 is 13.1. The van der Waals surface area contributed by atoms with Crippen LogP contribution in [0.1, 0.15) is 29.3 Å². The van der Waals surface area contributed by atoms with Gasteiger partial charge in [0.2, 0.25) is 5.91 Å². The lowest BCUT2D eigenvalue weighted by molar-refractivity contribution is -0.131. The van der Waals surface area contributed by atoms with Gasteiger partial charge in [-0.1, -0.05) is 18.2 Å². The predicted molar refractivity (Wildman–Crippen MR) is 84.2 cm³/mol. The molecule has 1 aromatic heterocycles. The molecule has 0 unspecified atom stereocenters. The number of carbonyl (C=O) groups excluding carboxylic acids is 1. The molecule has 1 aromatic carbocycles. The second kappa shape index (κ2) is 6.46. The summed E-state index contributed by atoms with van der Waals surface area (Å²) in [7, 11) is 0. The fraction of sp³-hybridized carbons (Fsp3) is 0.333. The zero-order valence-electron chi connectivity index (χ0n) is 12.9. The Morgan fingerprint density at radius 2 is 2.04 bits per heavy atom. The average Bonchev–Trinajstić information content (AvgIpc) is 2.92. The van der Waals surface area contributed by atoms with E-state index in [-0.39, 0.29) is 24.2 Å². The number of hydrogen-bond acceptors (Lipinski definition) is 3. The molecule has 0 bridgehead atoms. The van der Waals surface area contributed by atoms with Crippen LogP contribution in [0.15, 0.2) is 42.6 Å². The highest BCUT2D eigenvalue weighted by Gasteiger charge is 2.35. The summed E-state index contributed by atoms with van der Waals surface area (Å²) in [4.78, 5) is 18.5. The SMILES string of the molecule is Cc1ccc(CC(=O)N2C[C@@H](O)C[C@@H]2c2ccc(F)cc2)cn1. The molecule has 1 N–H and O–H groups in total. The molecule has 0 aliphatic carbocycles. The van der Waals surface area contributed by atoms with E-state index in [0.717, 1.165) is 16.8 Å². The predicted octanol–water partition coefficient (Wildman–Crippen LogP) is 2.41. The number of halogens is 1. The van der Waals surface area contributed by atoms with Crippen molar-refractivity contribution in [2.24, 2.45) is 0 Å². The van der Waals surface area contributed by atoms with Gasteiger partial charge in [-0.15, -0.1) is 0 Å². The Morgan fingerprint density at radius 1 is 1.30 bits per heavy atom. The number of pyridine rings is 1. The first kappa shape index (κ1) is 15.6. The number of aryl methyl sites for hydroxylation is 1. The molecule has 5 heteroatoms. The topological polar surface area (TPSA) is 53.4 Å². The molecule has 1 aliphatic heterocycles. The zero-order chi connectivity index (χ0) is 16.4. The van der Waals surface area contributed by atoms with Gasteiger partial charge >= 0.3 is 0 Å². The first-order chi connectivity index (χ1) is 11.0. The van der Waals surface area contributed by atoms with Crippen LogP contribution in [0.4, 0.5) is 4.39 Å². The van der Waals surface area contributed by atoms with E-state index in [1.54, 1.807) is 23.2 Å². The lowest BCUT2D eigenvalue weighted by Gasteiger charge is -2.25. The van der Waals surface area contributed by atoms with Crippen LogP contribution in [0.2, 0.25) is 0 Å². The van der Waals surface area contributed by atoms with Crippen molar-refractivity contribution in [2.45, 2.75) is 31.9 Å². The van der Waals surface area contributed by atoms with Crippen LogP contribution in [0.5, 0.6) is 0 Å². The number of nitrogens with zero attached hydrogens (tertiary/aromatic N) is 2. The van der Waals surface area contributed by atoms with Crippen molar-refractivity contribution in [3.63, 3.8) is 0 Å². The van der Waals surface area contributed by atoms with E-state index in [4.69, 9.17) is 0 Å². The smallest absolute Gasteiger partial charge is 0.227 e. The highest BCUT2D eigenvalue weighted by atomic mass is 19.1. The number of carbonyl (C=O) groups is 1. The van der Waals surface area contributed by atoms with Gasteiger partial charge < -0.3 is 10.0 Å². The molecule has 0 radical (unpaired) electrons. The summed E-state index contributed by atoms with van der Waals surface area (Å²) in [6.45, 7) is 2.20. The van der Waals surface area contributed by atoms with E-state index in [9.17, 15) is 14.3 Å². The molecule has 1 aliphatic rings. The Labute approximate surface area is 134 Å². The highest BCUT2D eigenvalue weighted by Crippen LogP contribution is 2.32. The summed E-state index contributed by atoms with van der Waals surface area (Å²) in [5.41, 5.74) is 2.60. The van der Waals surface area contributed by atoms with Gasteiger partial charge in [0.1, 0.15) is 5.82 Å². The largest absolute Gasteiger partial charge is 0.391 e. The molecule has 120 valence electrons. The minimum absolute atomic E-state index is 0.0541. The summed E-state index contributed by atoms with van der Waals surface area (Å²) in [5.74, 6) is -0.363. The van der Waals surface area contributed by atoms with Crippen LogP contribution in [-0.2, 0) is 11.2 Å². The minimum atomic E-state index is -0.551. The molecular formula is C18H19FN2O2. The van der Waals surface area contributed by atoms with E-state index in [2.05, 4.69) is 4.98 Å². The van der Waals surface area contributed by atoms with Crippen molar-refractivity contribution < 1.29 is 14.3 Å². The fourth-order valence-corrected chi connectivity index (χ4v) is 2.97. The Hall–Kier alpha value is -2.27. The van der Waals surface area contributed by atoms with Gasteiger partial charge in [0, 0.05) is 18.4 Å². The van der Waals surface area contributed by atoms with Crippen LogP contribution in [0.25, 0.3) is 0 Å². The molecule has 1 amide bonds. The first-order valence-electron chi connectivity index (χ1n) is 7.67. The summed E-state index contributed by atoms with van der Waals surface area (Å²) in [5, 5.41) is 9.96. The minimum Gasteiger partial charge on any atom is -0.391 e. The lowest BCUT2D eigenvalue weighted by atomic mass is 10.0. The quantitative estimate of drug-likeness (QED) is 0.946. The van der Waals surface area contributed by atoms with E-state index in [0.29, 0.717) is 13.0 Å².